The van der Waals surface area contributed by atoms with E-state index in [4.69, 9.17) is 10.5 Å². The summed E-state index contributed by atoms with van der Waals surface area (Å²) >= 11 is 1.75. The van der Waals surface area contributed by atoms with Crippen LogP contribution >= 0.6 is 11.3 Å². The maximum Gasteiger partial charge on any atom is 0.201 e. The highest BCUT2D eigenvalue weighted by Crippen LogP contribution is 2.29. The predicted molar refractivity (Wildman–Crippen MR) is 88.1 cm³/mol. The SMILES string of the molecule is CCCOc1cccc2c1nc(N)n2Cc1sccc1C. The second-order valence-corrected chi connectivity index (χ2v) is 6.06. The topological polar surface area (TPSA) is 53.1 Å². The van der Waals surface area contributed by atoms with Gasteiger partial charge in [0.1, 0.15) is 11.3 Å². The van der Waals surface area contributed by atoms with Crippen molar-refractivity contribution in [1.29, 1.82) is 0 Å². The van der Waals surface area contributed by atoms with E-state index < -0.39 is 0 Å². The first-order chi connectivity index (χ1) is 10.2. The molecule has 0 aliphatic carbocycles. The summed E-state index contributed by atoms with van der Waals surface area (Å²) in [5.41, 5.74) is 9.28. The minimum atomic E-state index is 0.533. The van der Waals surface area contributed by atoms with E-state index >= 15 is 0 Å². The van der Waals surface area contributed by atoms with E-state index in [1.807, 2.05) is 22.8 Å². The molecule has 0 saturated carbocycles. The predicted octanol–water partition coefficient (Wildman–Crippen LogP) is 3.83. The molecule has 0 radical (unpaired) electrons. The smallest absolute Gasteiger partial charge is 0.201 e. The number of rotatable bonds is 5. The lowest BCUT2D eigenvalue weighted by molar-refractivity contribution is 0.320. The molecule has 0 bridgehead atoms. The molecule has 1 aromatic carbocycles. The van der Waals surface area contributed by atoms with Crippen LogP contribution in [0.3, 0.4) is 0 Å². The van der Waals surface area contributed by atoms with Gasteiger partial charge in [0.05, 0.1) is 18.7 Å². The molecule has 0 amide bonds. The average Bonchev–Trinajstić information content (AvgIpc) is 3.02. The summed E-state index contributed by atoms with van der Waals surface area (Å²) in [6, 6.07) is 8.11. The van der Waals surface area contributed by atoms with Crippen LogP contribution in [0.4, 0.5) is 5.95 Å². The number of hydrogen-bond acceptors (Lipinski definition) is 4. The number of benzene rings is 1. The van der Waals surface area contributed by atoms with Crippen LogP contribution in [-0.2, 0) is 6.54 Å². The Kier molecular flexibility index (Phi) is 3.84. The standard InChI is InChI=1S/C16H19N3OS/c1-3-8-20-13-6-4-5-12-15(13)18-16(17)19(12)10-14-11(2)7-9-21-14/h4-7,9H,3,8,10H2,1-2H3,(H2,17,18). The molecule has 0 atom stereocenters. The van der Waals surface area contributed by atoms with Gasteiger partial charge in [0.2, 0.25) is 5.95 Å². The number of fused-ring (bicyclic) bond motifs is 1. The molecule has 0 unspecified atom stereocenters. The van der Waals surface area contributed by atoms with E-state index in [2.05, 4.69) is 30.3 Å². The second kappa shape index (κ2) is 5.77. The molecule has 0 aliphatic rings. The van der Waals surface area contributed by atoms with E-state index in [9.17, 15) is 0 Å². The average molecular weight is 301 g/mol. The fourth-order valence-electron chi connectivity index (χ4n) is 2.34. The van der Waals surface area contributed by atoms with Crippen LogP contribution in [0.15, 0.2) is 29.6 Å². The van der Waals surface area contributed by atoms with E-state index in [1.54, 1.807) is 11.3 Å². The van der Waals surface area contributed by atoms with E-state index in [1.165, 1.54) is 10.4 Å². The number of thiophene rings is 1. The van der Waals surface area contributed by atoms with Gasteiger partial charge >= 0.3 is 0 Å². The Morgan fingerprint density at radius 2 is 2.19 bits per heavy atom. The summed E-state index contributed by atoms with van der Waals surface area (Å²) in [4.78, 5) is 5.80. The van der Waals surface area contributed by atoms with Crippen molar-refractivity contribution < 1.29 is 4.74 Å². The number of aromatic nitrogens is 2. The molecule has 2 heterocycles. The van der Waals surface area contributed by atoms with Crippen molar-refractivity contribution in [1.82, 2.24) is 9.55 Å². The third kappa shape index (κ3) is 2.61. The van der Waals surface area contributed by atoms with Crippen molar-refractivity contribution in [2.24, 2.45) is 0 Å². The van der Waals surface area contributed by atoms with Gasteiger partial charge in [-0.25, -0.2) is 4.98 Å². The fourth-order valence-corrected chi connectivity index (χ4v) is 3.24. The number of aryl methyl sites for hydroxylation is 1. The first-order valence-corrected chi connectivity index (χ1v) is 7.99. The molecule has 0 aliphatic heterocycles. The van der Waals surface area contributed by atoms with Crippen molar-refractivity contribution in [3.05, 3.63) is 40.1 Å². The van der Waals surface area contributed by atoms with Crippen LogP contribution in [-0.4, -0.2) is 16.2 Å². The van der Waals surface area contributed by atoms with Gasteiger partial charge in [-0.2, -0.15) is 0 Å². The molecule has 2 aromatic heterocycles. The van der Waals surface area contributed by atoms with Gasteiger partial charge < -0.3 is 15.0 Å². The minimum absolute atomic E-state index is 0.533. The first kappa shape index (κ1) is 13.9. The van der Waals surface area contributed by atoms with Crippen LogP contribution in [0.25, 0.3) is 11.0 Å². The second-order valence-electron chi connectivity index (χ2n) is 5.06. The summed E-state index contributed by atoms with van der Waals surface area (Å²) in [6.45, 7) is 5.66. The van der Waals surface area contributed by atoms with Gasteiger partial charge in [-0.1, -0.05) is 13.0 Å². The Labute approximate surface area is 128 Å². The monoisotopic (exact) mass is 301 g/mol. The highest BCUT2D eigenvalue weighted by Gasteiger charge is 2.13. The van der Waals surface area contributed by atoms with Crippen LogP contribution < -0.4 is 10.5 Å². The van der Waals surface area contributed by atoms with Crippen molar-refractivity contribution in [3.63, 3.8) is 0 Å². The molecular weight excluding hydrogens is 282 g/mol. The number of ether oxygens (including phenoxy) is 1. The highest BCUT2D eigenvalue weighted by molar-refractivity contribution is 7.10. The summed E-state index contributed by atoms with van der Waals surface area (Å²) in [7, 11) is 0. The molecule has 5 heteroatoms. The lowest BCUT2D eigenvalue weighted by atomic mass is 10.2. The summed E-state index contributed by atoms with van der Waals surface area (Å²) in [5, 5.41) is 2.11. The van der Waals surface area contributed by atoms with Gasteiger partial charge in [0.15, 0.2) is 0 Å². The Balaban J connectivity index is 2.03. The minimum Gasteiger partial charge on any atom is -0.491 e. The number of nitrogen functional groups attached to an aromatic ring is 1. The Morgan fingerprint density at radius 1 is 1.33 bits per heavy atom. The zero-order valence-electron chi connectivity index (χ0n) is 12.3. The molecule has 0 saturated heterocycles. The van der Waals surface area contributed by atoms with Crippen molar-refractivity contribution in [2.75, 3.05) is 12.3 Å². The highest BCUT2D eigenvalue weighted by atomic mass is 32.1. The maximum absolute atomic E-state index is 6.12. The van der Waals surface area contributed by atoms with Gasteiger partial charge in [-0.15, -0.1) is 11.3 Å². The lowest BCUT2D eigenvalue weighted by Crippen LogP contribution is -2.04. The zero-order valence-corrected chi connectivity index (χ0v) is 13.1. The third-order valence-electron chi connectivity index (χ3n) is 3.50. The molecule has 2 N–H and O–H groups in total. The van der Waals surface area contributed by atoms with E-state index in [0.717, 1.165) is 29.7 Å². The van der Waals surface area contributed by atoms with Gasteiger partial charge in [0, 0.05) is 4.88 Å². The molecule has 0 fully saturated rings. The zero-order chi connectivity index (χ0) is 14.8. The van der Waals surface area contributed by atoms with Crippen LogP contribution in [0.5, 0.6) is 5.75 Å². The molecule has 4 nitrogen and oxygen atoms in total. The lowest BCUT2D eigenvalue weighted by Gasteiger charge is -2.07. The largest absolute Gasteiger partial charge is 0.491 e. The quantitative estimate of drug-likeness (QED) is 0.779. The number of nitrogens with two attached hydrogens (primary N) is 1. The molecule has 0 spiro atoms. The van der Waals surface area contributed by atoms with Crippen molar-refractivity contribution in [2.45, 2.75) is 26.8 Å². The van der Waals surface area contributed by atoms with Gasteiger partial charge in [-0.3, -0.25) is 0 Å². The number of nitrogens with zero attached hydrogens (tertiary/aromatic N) is 2. The van der Waals surface area contributed by atoms with Crippen LogP contribution in [0.2, 0.25) is 0 Å². The Morgan fingerprint density at radius 3 is 2.90 bits per heavy atom. The summed E-state index contributed by atoms with van der Waals surface area (Å²) in [6.07, 6.45) is 0.973. The Hall–Kier alpha value is -2.01. The number of anilines is 1. The number of para-hydroxylation sites is 1. The van der Waals surface area contributed by atoms with Crippen molar-refractivity contribution >= 4 is 28.3 Å². The molecular formula is C16H19N3OS. The van der Waals surface area contributed by atoms with Gasteiger partial charge in [0.25, 0.3) is 0 Å². The van der Waals surface area contributed by atoms with E-state index in [0.29, 0.717) is 12.6 Å². The fraction of sp³-hybridized carbons (Fsp3) is 0.312. The maximum atomic E-state index is 6.12. The van der Waals surface area contributed by atoms with Crippen LogP contribution in [0.1, 0.15) is 23.8 Å². The van der Waals surface area contributed by atoms with Gasteiger partial charge in [-0.05, 0) is 42.5 Å². The molecule has 3 rings (SSSR count). The molecule has 3 aromatic rings. The first-order valence-electron chi connectivity index (χ1n) is 7.11. The van der Waals surface area contributed by atoms with Crippen molar-refractivity contribution in [3.8, 4) is 5.75 Å². The summed E-state index contributed by atoms with van der Waals surface area (Å²) < 4.78 is 7.82. The molecule has 110 valence electrons. The Bertz CT molecular complexity index is 760. The number of imidazole rings is 1. The number of hydrogen-bond donors (Lipinski definition) is 1. The summed E-state index contributed by atoms with van der Waals surface area (Å²) in [5.74, 6) is 1.34. The van der Waals surface area contributed by atoms with Crippen LogP contribution in [0, 0.1) is 6.92 Å². The normalized spacial score (nSPS) is 11.1. The third-order valence-corrected chi connectivity index (χ3v) is 4.51. The molecule has 21 heavy (non-hydrogen) atoms. The van der Waals surface area contributed by atoms with E-state index in [-0.39, 0.29) is 0 Å².